The average molecular weight is 244 g/mol. The SMILES string of the molecule is CN(C)c1nc(CCN)cc(S(C)(=O)=O)n1. The van der Waals surface area contributed by atoms with Crippen molar-refractivity contribution in [3.05, 3.63) is 11.8 Å². The van der Waals surface area contributed by atoms with E-state index in [0.717, 1.165) is 6.26 Å². The Bertz CT molecular complexity index is 470. The zero-order chi connectivity index (χ0) is 12.3. The standard InChI is InChI=1S/C9H16N4O2S/c1-13(2)9-11-7(4-5-10)6-8(12-9)16(3,14)15/h6H,4-5,10H2,1-3H3. The lowest BCUT2D eigenvalue weighted by Crippen LogP contribution is -2.17. The highest BCUT2D eigenvalue weighted by molar-refractivity contribution is 7.90. The fourth-order valence-electron chi connectivity index (χ4n) is 1.12. The van der Waals surface area contributed by atoms with Crippen LogP contribution in [0.1, 0.15) is 5.69 Å². The highest BCUT2D eigenvalue weighted by Gasteiger charge is 2.13. The maximum atomic E-state index is 11.4. The van der Waals surface area contributed by atoms with Crippen LogP contribution in [-0.4, -0.2) is 45.3 Å². The number of sulfone groups is 1. The molecule has 0 bridgehead atoms. The molecule has 1 rings (SSSR count). The summed E-state index contributed by atoms with van der Waals surface area (Å²) >= 11 is 0. The number of nitrogens with two attached hydrogens (primary N) is 1. The van der Waals surface area contributed by atoms with E-state index in [1.54, 1.807) is 19.0 Å². The van der Waals surface area contributed by atoms with Gasteiger partial charge in [-0.25, -0.2) is 18.4 Å². The Kier molecular flexibility index (Phi) is 3.82. The molecular formula is C9H16N4O2S. The average Bonchev–Trinajstić information content (AvgIpc) is 2.16. The first-order valence-corrected chi connectivity index (χ1v) is 6.69. The summed E-state index contributed by atoms with van der Waals surface area (Å²) in [4.78, 5) is 9.84. The third-order valence-corrected chi connectivity index (χ3v) is 2.89. The van der Waals surface area contributed by atoms with Crippen molar-refractivity contribution in [3.63, 3.8) is 0 Å². The zero-order valence-electron chi connectivity index (χ0n) is 9.64. The summed E-state index contributed by atoms with van der Waals surface area (Å²) in [6.45, 7) is 0.424. The van der Waals surface area contributed by atoms with Crippen molar-refractivity contribution < 1.29 is 8.42 Å². The first-order chi connectivity index (χ1) is 7.34. The molecule has 0 atom stereocenters. The van der Waals surface area contributed by atoms with Gasteiger partial charge < -0.3 is 10.6 Å². The summed E-state index contributed by atoms with van der Waals surface area (Å²) in [6.07, 6.45) is 1.66. The van der Waals surface area contributed by atoms with Gasteiger partial charge >= 0.3 is 0 Å². The number of aromatic nitrogens is 2. The monoisotopic (exact) mass is 244 g/mol. The second-order valence-electron chi connectivity index (χ2n) is 3.70. The third-order valence-electron chi connectivity index (χ3n) is 1.92. The van der Waals surface area contributed by atoms with Gasteiger partial charge in [0.2, 0.25) is 5.95 Å². The van der Waals surface area contributed by atoms with E-state index < -0.39 is 9.84 Å². The predicted molar refractivity (Wildman–Crippen MR) is 62.2 cm³/mol. The molecule has 0 saturated heterocycles. The molecule has 0 aliphatic rings. The molecule has 1 aromatic rings. The molecule has 0 aliphatic carbocycles. The second kappa shape index (κ2) is 4.75. The Hall–Kier alpha value is -1.21. The molecule has 0 aromatic carbocycles. The molecule has 1 aromatic heterocycles. The Morgan fingerprint density at radius 3 is 2.44 bits per heavy atom. The lowest BCUT2D eigenvalue weighted by Gasteiger charge is -2.12. The minimum absolute atomic E-state index is 0.0367. The summed E-state index contributed by atoms with van der Waals surface area (Å²) in [5, 5.41) is 0.0367. The Morgan fingerprint density at radius 1 is 1.38 bits per heavy atom. The Morgan fingerprint density at radius 2 is 2.00 bits per heavy atom. The van der Waals surface area contributed by atoms with Gasteiger partial charge in [0, 0.05) is 32.5 Å². The van der Waals surface area contributed by atoms with E-state index in [9.17, 15) is 8.42 Å². The fourth-order valence-corrected chi connectivity index (χ4v) is 1.72. The van der Waals surface area contributed by atoms with Gasteiger partial charge in [-0.3, -0.25) is 0 Å². The zero-order valence-corrected chi connectivity index (χ0v) is 10.5. The van der Waals surface area contributed by atoms with Gasteiger partial charge in [-0.1, -0.05) is 0 Å². The topological polar surface area (TPSA) is 89.2 Å². The smallest absolute Gasteiger partial charge is 0.226 e. The van der Waals surface area contributed by atoms with E-state index in [0.29, 0.717) is 24.6 Å². The summed E-state index contributed by atoms with van der Waals surface area (Å²) in [7, 11) is 0.197. The summed E-state index contributed by atoms with van der Waals surface area (Å²) in [6, 6.07) is 1.47. The molecule has 0 fully saturated rings. The number of rotatable bonds is 4. The van der Waals surface area contributed by atoms with E-state index in [1.165, 1.54) is 6.07 Å². The van der Waals surface area contributed by atoms with E-state index in [-0.39, 0.29) is 5.03 Å². The van der Waals surface area contributed by atoms with Gasteiger partial charge in [-0.2, -0.15) is 0 Å². The molecule has 1 heterocycles. The first kappa shape index (κ1) is 12.9. The Balaban J connectivity index is 3.30. The largest absolute Gasteiger partial charge is 0.347 e. The molecule has 16 heavy (non-hydrogen) atoms. The highest BCUT2D eigenvalue weighted by atomic mass is 32.2. The van der Waals surface area contributed by atoms with Gasteiger partial charge in [-0.15, -0.1) is 0 Å². The molecular weight excluding hydrogens is 228 g/mol. The minimum atomic E-state index is -3.32. The quantitative estimate of drug-likeness (QED) is 0.715. The van der Waals surface area contributed by atoms with Crippen LogP contribution in [0.4, 0.5) is 5.95 Å². The van der Waals surface area contributed by atoms with Crippen LogP contribution in [0.2, 0.25) is 0 Å². The molecule has 7 heteroatoms. The normalized spacial score (nSPS) is 11.5. The van der Waals surface area contributed by atoms with Crippen LogP contribution in [0.15, 0.2) is 11.1 Å². The molecule has 6 nitrogen and oxygen atoms in total. The van der Waals surface area contributed by atoms with Crippen LogP contribution in [-0.2, 0) is 16.3 Å². The van der Waals surface area contributed by atoms with Crippen LogP contribution >= 0.6 is 0 Å². The molecule has 0 unspecified atom stereocenters. The van der Waals surface area contributed by atoms with Gasteiger partial charge in [0.15, 0.2) is 14.9 Å². The van der Waals surface area contributed by atoms with E-state index >= 15 is 0 Å². The van der Waals surface area contributed by atoms with Crippen molar-refractivity contribution in [1.82, 2.24) is 9.97 Å². The lowest BCUT2D eigenvalue weighted by molar-refractivity contribution is 0.597. The van der Waals surface area contributed by atoms with Crippen LogP contribution in [0.5, 0.6) is 0 Å². The van der Waals surface area contributed by atoms with Gasteiger partial charge in [-0.05, 0) is 12.6 Å². The number of hydrogen-bond acceptors (Lipinski definition) is 6. The van der Waals surface area contributed by atoms with Crippen molar-refractivity contribution in [2.24, 2.45) is 5.73 Å². The molecule has 90 valence electrons. The Labute approximate surface area is 95.4 Å². The maximum absolute atomic E-state index is 11.4. The number of hydrogen-bond donors (Lipinski definition) is 1. The van der Waals surface area contributed by atoms with E-state index in [2.05, 4.69) is 9.97 Å². The van der Waals surface area contributed by atoms with Crippen LogP contribution in [0.3, 0.4) is 0 Å². The van der Waals surface area contributed by atoms with Crippen LogP contribution in [0, 0.1) is 0 Å². The molecule has 0 amide bonds. The van der Waals surface area contributed by atoms with E-state index in [4.69, 9.17) is 5.73 Å². The van der Waals surface area contributed by atoms with Crippen LogP contribution in [0.25, 0.3) is 0 Å². The second-order valence-corrected chi connectivity index (χ2v) is 5.67. The maximum Gasteiger partial charge on any atom is 0.226 e. The predicted octanol–water partition coefficient (Wildman–Crippen LogP) is -0.553. The van der Waals surface area contributed by atoms with Crippen molar-refractivity contribution in [2.75, 3.05) is 31.8 Å². The molecule has 2 N–H and O–H groups in total. The van der Waals surface area contributed by atoms with Crippen molar-refractivity contribution in [1.29, 1.82) is 0 Å². The van der Waals surface area contributed by atoms with Gasteiger partial charge in [0.1, 0.15) is 0 Å². The lowest BCUT2D eigenvalue weighted by atomic mass is 10.3. The van der Waals surface area contributed by atoms with Crippen molar-refractivity contribution >= 4 is 15.8 Å². The summed E-state index contributed by atoms with van der Waals surface area (Å²) in [5.41, 5.74) is 6.06. The fraction of sp³-hybridized carbons (Fsp3) is 0.556. The molecule has 0 radical (unpaired) electrons. The van der Waals surface area contributed by atoms with Crippen molar-refractivity contribution in [2.45, 2.75) is 11.4 Å². The van der Waals surface area contributed by atoms with Crippen molar-refractivity contribution in [3.8, 4) is 0 Å². The summed E-state index contributed by atoms with van der Waals surface area (Å²) < 4.78 is 22.8. The number of nitrogens with zero attached hydrogens (tertiary/aromatic N) is 3. The van der Waals surface area contributed by atoms with Crippen LogP contribution < -0.4 is 10.6 Å². The van der Waals surface area contributed by atoms with E-state index in [1.807, 2.05) is 0 Å². The molecule has 0 spiro atoms. The highest BCUT2D eigenvalue weighted by Crippen LogP contribution is 2.12. The first-order valence-electron chi connectivity index (χ1n) is 4.80. The molecule has 0 aliphatic heterocycles. The molecule has 0 saturated carbocycles. The van der Waals surface area contributed by atoms with Gasteiger partial charge in [0.25, 0.3) is 0 Å². The summed E-state index contributed by atoms with van der Waals surface area (Å²) in [5.74, 6) is 0.381. The number of anilines is 1. The van der Waals surface area contributed by atoms with Gasteiger partial charge in [0.05, 0.1) is 0 Å². The third kappa shape index (κ3) is 3.14. The minimum Gasteiger partial charge on any atom is -0.347 e.